The van der Waals surface area contributed by atoms with E-state index < -0.39 is 0 Å². The maximum atomic E-state index is 13.2. The Hall–Kier alpha value is -2.61. The first-order valence-electron chi connectivity index (χ1n) is 11.6. The molecule has 1 saturated heterocycles. The van der Waals surface area contributed by atoms with Gasteiger partial charge in [0.05, 0.1) is 24.1 Å². The van der Waals surface area contributed by atoms with Gasteiger partial charge in [-0.15, -0.1) is 0 Å². The van der Waals surface area contributed by atoms with Crippen molar-refractivity contribution in [1.82, 2.24) is 10.2 Å². The van der Waals surface area contributed by atoms with Crippen LogP contribution in [0.15, 0.2) is 18.2 Å². The van der Waals surface area contributed by atoms with Crippen molar-refractivity contribution in [3.05, 3.63) is 23.8 Å². The van der Waals surface area contributed by atoms with Crippen LogP contribution in [-0.4, -0.2) is 61.1 Å². The molecule has 1 aliphatic carbocycles. The van der Waals surface area contributed by atoms with E-state index in [4.69, 9.17) is 9.47 Å². The summed E-state index contributed by atoms with van der Waals surface area (Å²) >= 11 is 0. The number of amides is 3. The predicted octanol–water partition coefficient (Wildman–Crippen LogP) is 2.58. The van der Waals surface area contributed by atoms with Gasteiger partial charge in [-0.1, -0.05) is 13.8 Å². The zero-order valence-electron chi connectivity index (χ0n) is 19.1. The van der Waals surface area contributed by atoms with Crippen LogP contribution in [0.5, 0.6) is 5.75 Å². The van der Waals surface area contributed by atoms with E-state index in [0.29, 0.717) is 42.4 Å². The van der Waals surface area contributed by atoms with Gasteiger partial charge in [0, 0.05) is 25.2 Å². The van der Waals surface area contributed by atoms with E-state index in [-0.39, 0.29) is 41.9 Å². The summed E-state index contributed by atoms with van der Waals surface area (Å²) in [6, 6.07) is 4.99. The number of rotatable bonds is 6. The summed E-state index contributed by atoms with van der Waals surface area (Å²) in [4.78, 5) is 39.2. The maximum absolute atomic E-state index is 13.2. The second-order valence-corrected chi connectivity index (χ2v) is 9.47. The lowest BCUT2D eigenvalue weighted by Gasteiger charge is -2.42. The second-order valence-electron chi connectivity index (χ2n) is 9.47. The third-order valence-electron chi connectivity index (χ3n) is 6.50. The van der Waals surface area contributed by atoms with Crippen LogP contribution in [0, 0.1) is 11.8 Å². The van der Waals surface area contributed by atoms with E-state index in [1.807, 2.05) is 13.8 Å². The molecule has 0 spiro atoms. The molecule has 1 aromatic rings. The summed E-state index contributed by atoms with van der Waals surface area (Å²) in [6.07, 6.45) is 3.73. The number of likely N-dealkylation sites (N-methyl/N-ethyl adjacent to an activating group) is 1. The lowest BCUT2D eigenvalue weighted by molar-refractivity contribution is -0.134. The summed E-state index contributed by atoms with van der Waals surface area (Å²) in [7, 11) is 1.78. The van der Waals surface area contributed by atoms with Crippen molar-refractivity contribution in [3.8, 4) is 5.75 Å². The van der Waals surface area contributed by atoms with Crippen LogP contribution in [0.1, 0.15) is 56.3 Å². The summed E-state index contributed by atoms with van der Waals surface area (Å²) < 4.78 is 12.2. The molecule has 3 atom stereocenters. The first-order chi connectivity index (χ1) is 15.3. The number of hydrogen-bond acceptors (Lipinski definition) is 5. The quantitative estimate of drug-likeness (QED) is 0.704. The van der Waals surface area contributed by atoms with Crippen LogP contribution in [0.25, 0.3) is 0 Å². The summed E-state index contributed by atoms with van der Waals surface area (Å²) in [5.74, 6) is 0.711. The average Bonchev–Trinajstić information content (AvgIpc) is 3.59. The van der Waals surface area contributed by atoms with Crippen molar-refractivity contribution in [2.75, 3.05) is 25.5 Å². The van der Waals surface area contributed by atoms with E-state index in [1.54, 1.807) is 30.1 Å². The van der Waals surface area contributed by atoms with Gasteiger partial charge in [-0.3, -0.25) is 14.4 Å². The Kier molecular flexibility index (Phi) is 6.69. The van der Waals surface area contributed by atoms with Gasteiger partial charge >= 0.3 is 0 Å². The monoisotopic (exact) mass is 443 g/mol. The van der Waals surface area contributed by atoms with Crippen molar-refractivity contribution in [3.63, 3.8) is 0 Å². The molecule has 4 rings (SSSR count). The van der Waals surface area contributed by atoms with Crippen molar-refractivity contribution in [2.45, 2.75) is 64.2 Å². The molecular formula is C24H33N3O5. The Labute approximate surface area is 189 Å². The van der Waals surface area contributed by atoms with Crippen LogP contribution in [-0.2, 0) is 14.3 Å². The molecule has 32 heavy (non-hydrogen) atoms. The molecule has 8 heteroatoms. The Balaban J connectivity index is 1.42. The molecule has 1 saturated carbocycles. The molecule has 0 aromatic heterocycles. The van der Waals surface area contributed by atoms with Gasteiger partial charge in [-0.05, 0) is 49.8 Å². The summed E-state index contributed by atoms with van der Waals surface area (Å²) in [5, 5.41) is 5.83. The topological polar surface area (TPSA) is 97.0 Å². The number of fused-ring (bicyclic) bond motifs is 2. The Bertz CT molecular complexity index is 882. The van der Waals surface area contributed by atoms with Gasteiger partial charge in [0.1, 0.15) is 18.5 Å². The van der Waals surface area contributed by atoms with Gasteiger partial charge in [0.15, 0.2) is 0 Å². The standard InChI is InChI=1S/C24H33N3O5/c1-14(2)23(29)26-16-6-9-20-18(10-16)24(30)27(3)19-8-7-17(32-21(19)13-31-20)11-22(28)25-12-15-4-5-15/h6,9-10,14-15,17,19,21H,4-5,7-8,11-13H2,1-3H3,(H,25,28)(H,26,29)/t17-,19+,21+/m0/s1. The van der Waals surface area contributed by atoms with Gasteiger partial charge in [0.2, 0.25) is 11.8 Å². The molecule has 0 bridgehead atoms. The highest BCUT2D eigenvalue weighted by Gasteiger charge is 2.39. The number of nitrogens with zero attached hydrogens (tertiary/aromatic N) is 1. The summed E-state index contributed by atoms with van der Waals surface area (Å²) in [5.41, 5.74) is 0.996. The molecule has 1 aromatic carbocycles. The SMILES string of the molecule is CC(C)C(=O)Nc1ccc2c(c1)C(=O)N(C)[C@@H]1CC[C@@H](CC(=O)NCC3CC3)O[C@@H]1CO2. The van der Waals surface area contributed by atoms with Crippen molar-refractivity contribution in [1.29, 1.82) is 0 Å². The second kappa shape index (κ2) is 9.48. The third kappa shape index (κ3) is 5.23. The number of nitrogens with one attached hydrogen (secondary N) is 2. The van der Waals surface area contributed by atoms with Crippen molar-refractivity contribution >= 4 is 23.4 Å². The zero-order valence-corrected chi connectivity index (χ0v) is 19.1. The van der Waals surface area contributed by atoms with E-state index in [9.17, 15) is 14.4 Å². The number of carbonyl (C=O) groups excluding carboxylic acids is 3. The predicted molar refractivity (Wildman–Crippen MR) is 120 cm³/mol. The molecule has 174 valence electrons. The van der Waals surface area contributed by atoms with Crippen molar-refractivity contribution < 1.29 is 23.9 Å². The normalized spacial score (nSPS) is 25.2. The number of benzene rings is 1. The molecule has 0 radical (unpaired) electrons. The molecule has 8 nitrogen and oxygen atoms in total. The first kappa shape index (κ1) is 22.6. The molecule has 3 amide bonds. The summed E-state index contributed by atoms with van der Waals surface area (Å²) in [6.45, 7) is 4.69. The number of hydrogen-bond donors (Lipinski definition) is 2. The fourth-order valence-electron chi connectivity index (χ4n) is 4.25. The fourth-order valence-corrected chi connectivity index (χ4v) is 4.25. The van der Waals surface area contributed by atoms with E-state index in [0.717, 1.165) is 13.0 Å². The fraction of sp³-hybridized carbons (Fsp3) is 0.625. The van der Waals surface area contributed by atoms with Crippen molar-refractivity contribution in [2.24, 2.45) is 11.8 Å². The number of ether oxygens (including phenoxy) is 2. The lowest BCUT2D eigenvalue weighted by Crippen LogP contribution is -2.54. The van der Waals surface area contributed by atoms with Gasteiger partial charge in [0.25, 0.3) is 5.91 Å². The molecule has 0 unspecified atom stereocenters. The van der Waals surface area contributed by atoms with Crippen LogP contribution in [0.3, 0.4) is 0 Å². The van der Waals surface area contributed by atoms with E-state index in [2.05, 4.69) is 10.6 Å². The molecule has 2 N–H and O–H groups in total. The van der Waals surface area contributed by atoms with Crippen LogP contribution in [0.2, 0.25) is 0 Å². The lowest BCUT2D eigenvalue weighted by atomic mass is 9.94. The van der Waals surface area contributed by atoms with E-state index in [1.165, 1.54) is 12.8 Å². The zero-order chi connectivity index (χ0) is 22.8. The minimum Gasteiger partial charge on any atom is -0.490 e. The first-order valence-corrected chi connectivity index (χ1v) is 11.6. The molecule has 3 aliphatic rings. The molecule has 2 heterocycles. The van der Waals surface area contributed by atoms with Gasteiger partial charge in [-0.25, -0.2) is 0 Å². The highest BCUT2D eigenvalue weighted by Crippen LogP contribution is 2.33. The maximum Gasteiger partial charge on any atom is 0.257 e. The molecule has 2 fully saturated rings. The minimum atomic E-state index is -0.299. The largest absolute Gasteiger partial charge is 0.490 e. The molecule has 2 aliphatic heterocycles. The van der Waals surface area contributed by atoms with Crippen LogP contribution < -0.4 is 15.4 Å². The highest BCUT2D eigenvalue weighted by molar-refractivity contribution is 6.00. The number of carbonyl (C=O) groups is 3. The highest BCUT2D eigenvalue weighted by atomic mass is 16.5. The molecular weight excluding hydrogens is 410 g/mol. The average molecular weight is 444 g/mol. The Morgan fingerprint density at radius 2 is 1.97 bits per heavy atom. The minimum absolute atomic E-state index is 0.0258. The van der Waals surface area contributed by atoms with E-state index >= 15 is 0 Å². The van der Waals surface area contributed by atoms with Gasteiger partial charge in [-0.2, -0.15) is 0 Å². The van der Waals surface area contributed by atoms with Gasteiger partial charge < -0.3 is 25.0 Å². The van der Waals surface area contributed by atoms with Crippen LogP contribution in [0.4, 0.5) is 5.69 Å². The van der Waals surface area contributed by atoms with Crippen LogP contribution >= 0.6 is 0 Å². The Morgan fingerprint density at radius 3 is 2.69 bits per heavy atom. The third-order valence-corrected chi connectivity index (χ3v) is 6.50. The smallest absolute Gasteiger partial charge is 0.257 e. The Morgan fingerprint density at radius 1 is 1.19 bits per heavy atom. The number of anilines is 1.